The molecule has 0 aliphatic rings. The largest absolute Gasteiger partial charge is 0.384 e. The summed E-state index contributed by atoms with van der Waals surface area (Å²) in [5, 5.41) is 3.57. The second-order valence-corrected chi connectivity index (χ2v) is 3.98. The minimum Gasteiger partial charge on any atom is -0.384 e. The number of rotatable bonds is 6. The minimum atomic E-state index is 0. The Labute approximate surface area is 112 Å². The summed E-state index contributed by atoms with van der Waals surface area (Å²) in [6, 6.07) is 10.6. The van der Waals surface area contributed by atoms with Crippen LogP contribution in [0.2, 0.25) is 0 Å². The molecule has 1 aromatic carbocycles. The van der Waals surface area contributed by atoms with Crippen molar-refractivity contribution in [1.82, 2.24) is 5.32 Å². The van der Waals surface area contributed by atoms with Gasteiger partial charge < -0.3 is 5.32 Å². The maximum absolute atomic E-state index is 3.57. The van der Waals surface area contributed by atoms with E-state index in [9.17, 15) is 0 Å². The van der Waals surface area contributed by atoms with Crippen LogP contribution < -0.4 is 5.32 Å². The van der Waals surface area contributed by atoms with Crippen LogP contribution in [0, 0.1) is 0 Å². The Balaban J connectivity index is 0.00000256. The smallest absolute Gasteiger partial charge is 0.0397 e. The van der Waals surface area contributed by atoms with Gasteiger partial charge in [-0.1, -0.05) is 56.7 Å². The van der Waals surface area contributed by atoms with Crippen LogP contribution in [0.3, 0.4) is 0 Å². The van der Waals surface area contributed by atoms with Gasteiger partial charge in [-0.15, -0.1) is 12.4 Å². The molecule has 0 bridgehead atoms. The average molecular weight is 254 g/mol. The molecular weight excluding hydrogens is 230 g/mol. The Kier molecular flexibility index (Phi) is 8.61. The highest BCUT2D eigenvalue weighted by Crippen LogP contribution is 2.14. The summed E-state index contributed by atoms with van der Waals surface area (Å²) in [7, 11) is 0. The first kappa shape index (κ1) is 16.1. The van der Waals surface area contributed by atoms with Crippen molar-refractivity contribution in [2.75, 3.05) is 0 Å². The molecular formula is C15H24ClN. The summed E-state index contributed by atoms with van der Waals surface area (Å²) in [6.07, 6.45) is 3.41. The lowest BCUT2D eigenvalue weighted by Crippen LogP contribution is -2.14. The highest BCUT2D eigenvalue weighted by molar-refractivity contribution is 5.85. The summed E-state index contributed by atoms with van der Waals surface area (Å²) in [4.78, 5) is 0. The molecule has 1 rings (SSSR count). The quantitative estimate of drug-likeness (QED) is 0.776. The van der Waals surface area contributed by atoms with Gasteiger partial charge in [0.2, 0.25) is 0 Å². The summed E-state index contributed by atoms with van der Waals surface area (Å²) >= 11 is 0. The van der Waals surface area contributed by atoms with E-state index < -0.39 is 0 Å². The van der Waals surface area contributed by atoms with Gasteiger partial charge in [0, 0.05) is 12.2 Å². The Morgan fingerprint density at radius 3 is 2.00 bits per heavy atom. The number of hydrogen-bond donors (Lipinski definition) is 1. The molecule has 1 nitrogen and oxygen atoms in total. The molecule has 0 heterocycles. The molecule has 0 aromatic heterocycles. The molecule has 0 spiro atoms. The molecule has 0 amide bonds. The number of allylic oxidation sites excluding steroid dienone is 2. The molecule has 17 heavy (non-hydrogen) atoms. The lowest BCUT2D eigenvalue weighted by molar-refractivity contribution is 0.736. The van der Waals surface area contributed by atoms with E-state index in [0.29, 0.717) is 0 Å². The monoisotopic (exact) mass is 253 g/mol. The normalized spacial score (nSPS) is 9.35. The lowest BCUT2D eigenvalue weighted by atomic mass is 10.1. The molecule has 0 fully saturated rings. The topological polar surface area (TPSA) is 12.0 Å². The third-order valence-corrected chi connectivity index (χ3v) is 2.98. The molecule has 1 aromatic rings. The van der Waals surface area contributed by atoms with Gasteiger partial charge >= 0.3 is 0 Å². The van der Waals surface area contributed by atoms with Crippen molar-refractivity contribution in [2.45, 2.75) is 46.6 Å². The predicted octanol–water partition coefficient (Wildman–Crippen LogP) is 4.68. The van der Waals surface area contributed by atoms with Crippen LogP contribution in [0.5, 0.6) is 0 Å². The third kappa shape index (κ3) is 5.27. The van der Waals surface area contributed by atoms with Crippen LogP contribution in [0.4, 0.5) is 0 Å². The average Bonchev–Trinajstić information content (AvgIpc) is 2.35. The highest BCUT2D eigenvalue weighted by atomic mass is 35.5. The van der Waals surface area contributed by atoms with Crippen molar-refractivity contribution in [3.8, 4) is 0 Å². The molecule has 0 saturated carbocycles. The Hall–Kier alpha value is -0.950. The summed E-state index contributed by atoms with van der Waals surface area (Å²) in [6.45, 7) is 7.63. The van der Waals surface area contributed by atoms with Crippen molar-refractivity contribution in [2.24, 2.45) is 0 Å². The van der Waals surface area contributed by atoms with E-state index in [4.69, 9.17) is 0 Å². The summed E-state index contributed by atoms with van der Waals surface area (Å²) in [5.41, 5.74) is 4.33. The minimum absolute atomic E-state index is 0. The maximum atomic E-state index is 3.57. The van der Waals surface area contributed by atoms with Gasteiger partial charge in [0.15, 0.2) is 0 Å². The van der Waals surface area contributed by atoms with Gasteiger partial charge in [0.25, 0.3) is 0 Å². The second kappa shape index (κ2) is 9.12. The Bertz CT molecular complexity index is 324. The third-order valence-electron chi connectivity index (χ3n) is 2.98. The number of nitrogens with one attached hydrogen (secondary N) is 1. The number of hydrogen-bond acceptors (Lipinski definition) is 1. The van der Waals surface area contributed by atoms with Gasteiger partial charge in [-0.25, -0.2) is 0 Å². The fourth-order valence-corrected chi connectivity index (χ4v) is 1.98. The van der Waals surface area contributed by atoms with Gasteiger partial charge in [-0.3, -0.25) is 0 Å². The molecule has 0 unspecified atom stereocenters. The lowest BCUT2D eigenvalue weighted by Gasteiger charge is -2.14. The SMILES string of the molecule is CCC(CC)=C(CC)NCc1ccccc1.Cl. The first-order valence-electron chi connectivity index (χ1n) is 6.30. The zero-order chi connectivity index (χ0) is 11.8. The van der Waals surface area contributed by atoms with Gasteiger partial charge in [0.05, 0.1) is 0 Å². The molecule has 1 N–H and O–H groups in total. The van der Waals surface area contributed by atoms with E-state index in [0.717, 1.165) is 25.8 Å². The predicted molar refractivity (Wildman–Crippen MR) is 78.4 cm³/mol. The summed E-state index contributed by atoms with van der Waals surface area (Å²) < 4.78 is 0. The first-order valence-corrected chi connectivity index (χ1v) is 6.30. The maximum Gasteiger partial charge on any atom is 0.0397 e. The highest BCUT2D eigenvalue weighted by Gasteiger charge is 2.01. The van der Waals surface area contributed by atoms with E-state index in [1.807, 2.05) is 0 Å². The zero-order valence-electron chi connectivity index (χ0n) is 11.1. The van der Waals surface area contributed by atoms with Crippen LogP contribution in [-0.2, 0) is 6.54 Å². The van der Waals surface area contributed by atoms with E-state index in [1.165, 1.54) is 11.3 Å². The second-order valence-electron chi connectivity index (χ2n) is 3.98. The fourth-order valence-electron chi connectivity index (χ4n) is 1.98. The first-order chi connectivity index (χ1) is 7.81. The Morgan fingerprint density at radius 1 is 0.941 bits per heavy atom. The van der Waals surface area contributed by atoms with Crippen molar-refractivity contribution < 1.29 is 0 Å². The van der Waals surface area contributed by atoms with E-state index in [-0.39, 0.29) is 12.4 Å². The fraction of sp³-hybridized carbons (Fsp3) is 0.467. The van der Waals surface area contributed by atoms with E-state index in [2.05, 4.69) is 56.4 Å². The van der Waals surface area contributed by atoms with Crippen LogP contribution in [0.25, 0.3) is 0 Å². The van der Waals surface area contributed by atoms with Gasteiger partial charge in [-0.2, -0.15) is 0 Å². The molecule has 0 saturated heterocycles. The van der Waals surface area contributed by atoms with Crippen molar-refractivity contribution in [3.05, 3.63) is 47.2 Å². The van der Waals surface area contributed by atoms with Crippen molar-refractivity contribution >= 4 is 12.4 Å². The van der Waals surface area contributed by atoms with Crippen LogP contribution in [0.15, 0.2) is 41.6 Å². The van der Waals surface area contributed by atoms with Crippen molar-refractivity contribution in [1.29, 1.82) is 0 Å². The van der Waals surface area contributed by atoms with Gasteiger partial charge in [0.1, 0.15) is 0 Å². The standard InChI is InChI=1S/C15H23N.ClH/c1-4-14(5-2)15(6-3)16-12-13-10-8-7-9-11-13;/h7-11,16H,4-6,12H2,1-3H3;1H. The van der Waals surface area contributed by atoms with Crippen LogP contribution >= 0.6 is 12.4 Å². The van der Waals surface area contributed by atoms with Gasteiger partial charge in [-0.05, 0) is 24.8 Å². The molecule has 0 aliphatic heterocycles. The molecule has 96 valence electrons. The number of halogens is 1. The molecule has 0 aliphatic carbocycles. The zero-order valence-corrected chi connectivity index (χ0v) is 11.9. The Morgan fingerprint density at radius 2 is 1.53 bits per heavy atom. The summed E-state index contributed by atoms with van der Waals surface area (Å²) in [5.74, 6) is 0. The van der Waals surface area contributed by atoms with Crippen molar-refractivity contribution in [3.63, 3.8) is 0 Å². The van der Waals surface area contributed by atoms with Crippen LogP contribution in [-0.4, -0.2) is 0 Å². The van der Waals surface area contributed by atoms with Crippen LogP contribution in [0.1, 0.15) is 45.6 Å². The molecule has 2 heteroatoms. The molecule has 0 atom stereocenters. The van der Waals surface area contributed by atoms with E-state index >= 15 is 0 Å². The van der Waals surface area contributed by atoms with E-state index in [1.54, 1.807) is 5.57 Å². The number of benzene rings is 1. The molecule has 0 radical (unpaired) electrons.